The van der Waals surface area contributed by atoms with Crippen LogP contribution in [0.4, 0.5) is 0 Å². The Bertz CT molecular complexity index is 466. The van der Waals surface area contributed by atoms with E-state index < -0.39 is 12.0 Å². The summed E-state index contributed by atoms with van der Waals surface area (Å²) in [4.78, 5) is 37.3. The van der Waals surface area contributed by atoms with Crippen molar-refractivity contribution in [3.8, 4) is 0 Å². The molecule has 0 spiro atoms. The van der Waals surface area contributed by atoms with E-state index in [-0.39, 0.29) is 41.4 Å². The Morgan fingerprint density at radius 1 is 1.21 bits per heavy atom. The van der Waals surface area contributed by atoms with Crippen LogP contribution in [0.15, 0.2) is 12.2 Å². The Balaban J connectivity index is 1.96. The van der Waals surface area contributed by atoms with Gasteiger partial charge in [-0.3, -0.25) is 14.5 Å². The molecule has 102 valence electrons. The van der Waals surface area contributed by atoms with Gasteiger partial charge in [0.2, 0.25) is 11.8 Å². The van der Waals surface area contributed by atoms with E-state index >= 15 is 0 Å². The lowest BCUT2D eigenvalue weighted by Gasteiger charge is -2.27. The third kappa shape index (κ3) is 1.50. The number of nitrogens with zero attached hydrogens (tertiary/aromatic N) is 1. The molecule has 2 fully saturated rings. The van der Waals surface area contributed by atoms with Gasteiger partial charge >= 0.3 is 5.97 Å². The van der Waals surface area contributed by atoms with Crippen LogP contribution in [-0.4, -0.2) is 33.8 Å². The first-order chi connectivity index (χ1) is 8.93. The summed E-state index contributed by atoms with van der Waals surface area (Å²) in [5.41, 5.74) is 0. The molecule has 0 radical (unpaired) electrons. The lowest BCUT2D eigenvalue weighted by atomic mass is 9.85. The van der Waals surface area contributed by atoms with E-state index in [9.17, 15) is 19.5 Å². The maximum Gasteiger partial charge on any atom is 0.327 e. The van der Waals surface area contributed by atoms with Crippen LogP contribution in [0.1, 0.15) is 20.3 Å². The predicted octanol–water partition coefficient (Wildman–Crippen LogP) is 0.903. The molecule has 4 unspecified atom stereocenters. The molecule has 5 atom stereocenters. The van der Waals surface area contributed by atoms with Gasteiger partial charge in [0.1, 0.15) is 6.04 Å². The molecule has 1 saturated heterocycles. The first-order valence-electron chi connectivity index (χ1n) is 6.71. The number of likely N-dealkylation sites (tertiary alicyclic amines) is 1. The topological polar surface area (TPSA) is 74.7 Å². The summed E-state index contributed by atoms with van der Waals surface area (Å²) in [7, 11) is 0. The third-order valence-electron chi connectivity index (χ3n) is 4.67. The van der Waals surface area contributed by atoms with Crippen LogP contribution in [0.25, 0.3) is 0 Å². The molecule has 0 aromatic heterocycles. The summed E-state index contributed by atoms with van der Waals surface area (Å²) in [5, 5.41) is 9.29. The molecule has 1 saturated carbocycles. The molecule has 2 bridgehead atoms. The van der Waals surface area contributed by atoms with Crippen molar-refractivity contribution in [2.45, 2.75) is 26.3 Å². The zero-order chi connectivity index (χ0) is 13.9. The summed E-state index contributed by atoms with van der Waals surface area (Å²) < 4.78 is 0. The first kappa shape index (κ1) is 12.4. The van der Waals surface area contributed by atoms with E-state index in [0.29, 0.717) is 0 Å². The molecule has 3 aliphatic rings. The SMILES string of the molecule is CC(C)[C@@H](C(=O)O)N1C(=O)C2C3C=CC(C3)C2C1=O. The molecule has 3 rings (SSSR count). The van der Waals surface area contributed by atoms with Crippen molar-refractivity contribution >= 4 is 17.8 Å². The van der Waals surface area contributed by atoms with E-state index in [1.807, 2.05) is 12.2 Å². The fourth-order valence-corrected chi connectivity index (χ4v) is 3.89. The van der Waals surface area contributed by atoms with Gasteiger partial charge in [0.05, 0.1) is 11.8 Å². The molecule has 19 heavy (non-hydrogen) atoms. The molecule has 2 aliphatic carbocycles. The van der Waals surface area contributed by atoms with Crippen molar-refractivity contribution < 1.29 is 19.5 Å². The van der Waals surface area contributed by atoms with Gasteiger partial charge in [-0.25, -0.2) is 4.79 Å². The fraction of sp³-hybridized carbons (Fsp3) is 0.643. The van der Waals surface area contributed by atoms with Crippen LogP contribution in [0.3, 0.4) is 0 Å². The second kappa shape index (κ2) is 3.92. The molecule has 1 aliphatic heterocycles. The molecule has 5 heteroatoms. The Hall–Kier alpha value is -1.65. The molecule has 5 nitrogen and oxygen atoms in total. The molecular weight excluding hydrogens is 246 g/mol. The van der Waals surface area contributed by atoms with Gasteiger partial charge in [-0.1, -0.05) is 26.0 Å². The van der Waals surface area contributed by atoms with Gasteiger partial charge in [-0.15, -0.1) is 0 Å². The summed E-state index contributed by atoms with van der Waals surface area (Å²) in [6.07, 6.45) is 4.87. The minimum absolute atomic E-state index is 0.123. The minimum Gasteiger partial charge on any atom is -0.480 e. The Morgan fingerprint density at radius 3 is 2.05 bits per heavy atom. The lowest BCUT2D eigenvalue weighted by Crippen LogP contribution is -2.49. The standard InChI is InChI=1S/C14H17NO4/c1-6(2)11(14(18)19)15-12(16)9-7-3-4-8(5-7)10(9)13(15)17/h3-4,6-11H,5H2,1-2H3,(H,18,19)/t7?,8?,9?,10?,11-/m0/s1. The van der Waals surface area contributed by atoms with E-state index in [4.69, 9.17) is 0 Å². The zero-order valence-electron chi connectivity index (χ0n) is 10.9. The summed E-state index contributed by atoms with van der Waals surface area (Å²) >= 11 is 0. The number of carbonyl (C=O) groups is 3. The van der Waals surface area contributed by atoms with E-state index in [1.165, 1.54) is 0 Å². The summed E-state index contributed by atoms with van der Waals surface area (Å²) in [5.74, 6) is -2.34. The average Bonchev–Trinajstić information content (AvgIpc) is 2.97. The fourth-order valence-electron chi connectivity index (χ4n) is 3.89. The van der Waals surface area contributed by atoms with Gasteiger partial charge in [-0.2, -0.15) is 0 Å². The second-order valence-electron chi connectivity index (χ2n) is 6.07. The van der Waals surface area contributed by atoms with Crippen LogP contribution in [0.2, 0.25) is 0 Å². The number of hydrogen-bond donors (Lipinski definition) is 1. The maximum atomic E-state index is 12.4. The highest BCUT2D eigenvalue weighted by molar-refractivity contribution is 6.08. The molecule has 2 amide bonds. The lowest BCUT2D eigenvalue weighted by molar-refractivity contribution is -0.157. The van der Waals surface area contributed by atoms with Crippen molar-refractivity contribution in [2.24, 2.45) is 29.6 Å². The monoisotopic (exact) mass is 263 g/mol. The third-order valence-corrected chi connectivity index (χ3v) is 4.67. The largest absolute Gasteiger partial charge is 0.480 e. The van der Waals surface area contributed by atoms with Gasteiger partial charge < -0.3 is 5.11 Å². The number of carbonyl (C=O) groups excluding carboxylic acids is 2. The summed E-state index contributed by atoms with van der Waals surface area (Å²) in [6, 6.07) is -1.04. The van der Waals surface area contributed by atoms with Crippen LogP contribution < -0.4 is 0 Å². The van der Waals surface area contributed by atoms with E-state index in [1.54, 1.807) is 13.8 Å². The number of carboxylic acids is 1. The number of aliphatic carboxylic acids is 1. The van der Waals surface area contributed by atoms with Crippen molar-refractivity contribution in [3.05, 3.63) is 12.2 Å². The number of fused-ring (bicyclic) bond motifs is 5. The average molecular weight is 263 g/mol. The zero-order valence-corrected chi connectivity index (χ0v) is 10.9. The highest BCUT2D eigenvalue weighted by Crippen LogP contribution is 2.53. The van der Waals surface area contributed by atoms with E-state index in [2.05, 4.69) is 0 Å². The molecule has 0 aromatic carbocycles. The number of amides is 2. The molecule has 1 heterocycles. The molecule has 0 aromatic rings. The minimum atomic E-state index is -1.10. The number of allylic oxidation sites excluding steroid dienone is 2. The van der Waals surface area contributed by atoms with Crippen molar-refractivity contribution in [1.82, 2.24) is 4.90 Å². The van der Waals surface area contributed by atoms with Crippen LogP contribution in [0.5, 0.6) is 0 Å². The number of hydrogen-bond acceptors (Lipinski definition) is 3. The van der Waals surface area contributed by atoms with Gasteiger partial charge in [0.25, 0.3) is 0 Å². The second-order valence-corrected chi connectivity index (χ2v) is 6.07. The van der Waals surface area contributed by atoms with Crippen LogP contribution in [-0.2, 0) is 14.4 Å². The quantitative estimate of drug-likeness (QED) is 0.606. The molecule has 1 N–H and O–H groups in total. The Labute approximate surface area is 111 Å². The molecular formula is C14H17NO4. The predicted molar refractivity (Wildman–Crippen MR) is 65.8 cm³/mol. The highest BCUT2D eigenvalue weighted by Gasteiger charge is 2.61. The smallest absolute Gasteiger partial charge is 0.327 e. The number of carboxylic acid groups (broad SMARTS) is 1. The maximum absolute atomic E-state index is 12.4. The van der Waals surface area contributed by atoms with Crippen molar-refractivity contribution in [2.75, 3.05) is 0 Å². The van der Waals surface area contributed by atoms with Crippen molar-refractivity contribution in [1.29, 1.82) is 0 Å². The Morgan fingerprint density at radius 2 is 1.68 bits per heavy atom. The first-order valence-corrected chi connectivity index (χ1v) is 6.71. The van der Waals surface area contributed by atoms with Crippen LogP contribution in [0, 0.1) is 29.6 Å². The highest BCUT2D eigenvalue weighted by atomic mass is 16.4. The number of imide groups is 1. The number of rotatable bonds is 3. The van der Waals surface area contributed by atoms with Gasteiger partial charge in [0, 0.05) is 0 Å². The summed E-state index contributed by atoms with van der Waals surface area (Å²) in [6.45, 7) is 3.45. The Kier molecular flexibility index (Phi) is 2.56. The van der Waals surface area contributed by atoms with E-state index in [0.717, 1.165) is 11.3 Å². The normalized spacial score (nSPS) is 37.3. The van der Waals surface area contributed by atoms with Crippen molar-refractivity contribution in [3.63, 3.8) is 0 Å². The van der Waals surface area contributed by atoms with Crippen LogP contribution >= 0.6 is 0 Å². The van der Waals surface area contributed by atoms with Gasteiger partial charge in [0.15, 0.2) is 0 Å². The van der Waals surface area contributed by atoms with Gasteiger partial charge in [-0.05, 0) is 24.2 Å².